The minimum absolute atomic E-state index is 0.131. The van der Waals surface area contributed by atoms with Gasteiger partial charge in [-0.2, -0.15) is 0 Å². The van der Waals surface area contributed by atoms with E-state index in [1.54, 1.807) is 30.3 Å². The number of imide groups is 1. The van der Waals surface area contributed by atoms with Crippen LogP contribution in [0, 0.1) is 5.82 Å². The summed E-state index contributed by atoms with van der Waals surface area (Å²) < 4.78 is 45.0. The molecule has 0 radical (unpaired) electrons. The highest BCUT2D eigenvalue weighted by Gasteiger charge is 2.33. The van der Waals surface area contributed by atoms with Crippen molar-refractivity contribution in [3.63, 3.8) is 0 Å². The highest BCUT2D eigenvalue weighted by atomic mass is 32.2. The number of carbonyl (C=O) groups is 3. The molecule has 3 rings (SSSR count). The molecule has 1 heterocycles. The number of ether oxygens (including phenoxy) is 1. The van der Waals surface area contributed by atoms with Gasteiger partial charge in [-0.25, -0.2) is 27.2 Å². The summed E-state index contributed by atoms with van der Waals surface area (Å²) in [7, 11) is -4.12. The van der Waals surface area contributed by atoms with E-state index >= 15 is 0 Å². The van der Waals surface area contributed by atoms with Crippen LogP contribution in [0.3, 0.4) is 0 Å². The van der Waals surface area contributed by atoms with Gasteiger partial charge in [-0.05, 0) is 17.7 Å². The Balaban J connectivity index is 1.62. The number of nitrogens with zero attached hydrogens (tertiary/aromatic N) is 1. The molecule has 2 aromatic carbocycles. The van der Waals surface area contributed by atoms with Crippen molar-refractivity contribution in [2.75, 3.05) is 19.7 Å². The second kappa shape index (κ2) is 9.67. The van der Waals surface area contributed by atoms with Crippen molar-refractivity contribution >= 4 is 27.9 Å². The van der Waals surface area contributed by atoms with E-state index in [-0.39, 0.29) is 26.1 Å². The second-order valence-corrected chi connectivity index (χ2v) is 8.40. The average molecular weight is 449 g/mol. The van der Waals surface area contributed by atoms with Crippen LogP contribution in [-0.2, 0) is 24.3 Å². The van der Waals surface area contributed by atoms with Crippen molar-refractivity contribution in [2.45, 2.75) is 17.4 Å². The van der Waals surface area contributed by atoms with Gasteiger partial charge in [-0.3, -0.25) is 9.59 Å². The molecule has 9 nitrogen and oxygen atoms in total. The number of carbonyl (C=O) groups excluding carboxylic acids is 3. The first-order chi connectivity index (χ1) is 14.8. The Labute approximate surface area is 178 Å². The molecule has 2 N–H and O–H groups in total. The zero-order chi connectivity index (χ0) is 22.4. The molecule has 0 bridgehead atoms. The summed E-state index contributed by atoms with van der Waals surface area (Å²) in [6.07, 6.45) is -1.03. The lowest BCUT2D eigenvalue weighted by Gasteiger charge is -2.23. The predicted octanol–water partition coefficient (Wildman–Crippen LogP) is 1.33. The van der Waals surface area contributed by atoms with Crippen molar-refractivity contribution < 1.29 is 31.9 Å². The van der Waals surface area contributed by atoms with Crippen molar-refractivity contribution in [2.24, 2.45) is 0 Å². The second-order valence-electron chi connectivity index (χ2n) is 6.67. The van der Waals surface area contributed by atoms with E-state index in [1.165, 1.54) is 12.1 Å². The Kier molecular flexibility index (Phi) is 6.98. The molecule has 0 saturated carbocycles. The fourth-order valence-corrected chi connectivity index (χ4v) is 4.07. The van der Waals surface area contributed by atoms with Gasteiger partial charge in [0.1, 0.15) is 10.7 Å². The molecular weight excluding hydrogens is 429 g/mol. The van der Waals surface area contributed by atoms with Gasteiger partial charge in [0.25, 0.3) is 5.91 Å². The van der Waals surface area contributed by atoms with E-state index < -0.39 is 44.7 Å². The van der Waals surface area contributed by atoms with Gasteiger partial charge in [0.05, 0.1) is 12.6 Å². The molecule has 31 heavy (non-hydrogen) atoms. The van der Waals surface area contributed by atoms with Crippen molar-refractivity contribution in [1.29, 1.82) is 0 Å². The maximum absolute atomic E-state index is 13.7. The summed E-state index contributed by atoms with van der Waals surface area (Å²) in [5.74, 6) is -1.94. The van der Waals surface area contributed by atoms with Gasteiger partial charge in [0.15, 0.2) is 6.61 Å². The molecule has 1 atom stereocenters. The van der Waals surface area contributed by atoms with Gasteiger partial charge >= 0.3 is 6.09 Å². The lowest BCUT2D eigenvalue weighted by atomic mass is 10.1. The van der Waals surface area contributed by atoms with E-state index in [0.29, 0.717) is 5.56 Å². The fraction of sp³-hybridized carbons (Fsp3) is 0.250. The molecule has 11 heteroatoms. The first-order valence-corrected chi connectivity index (χ1v) is 10.8. The standard InChI is InChI=1S/C20H20FN3O6S/c21-15-8-4-5-9-17(15)31(28,29)22-11-10-18(25)23-16(14-6-2-1-3-7-14)12-24-19(26)13-30-20(24)27/h1-9,16,22H,10-13H2,(H,23,25). The Morgan fingerprint density at radius 2 is 1.77 bits per heavy atom. The van der Waals surface area contributed by atoms with Crippen LogP contribution in [0.4, 0.5) is 9.18 Å². The monoisotopic (exact) mass is 449 g/mol. The molecule has 1 fully saturated rings. The fourth-order valence-electron chi connectivity index (χ4n) is 2.97. The Hall–Kier alpha value is -3.31. The summed E-state index contributed by atoms with van der Waals surface area (Å²) in [6.45, 7) is -0.755. The summed E-state index contributed by atoms with van der Waals surface area (Å²) in [4.78, 5) is 36.4. The predicted molar refractivity (Wildman–Crippen MR) is 107 cm³/mol. The Bertz CT molecular complexity index is 1060. The lowest BCUT2D eigenvalue weighted by Crippen LogP contribution is -2.41. The number of cyclic esters (lactones) is 1. The van der Waals surface area contributed by atoms with E-state index in [1.807, 2.05) is 0 Å². The van der Waals surface area contributed by atoms with Crippen molar-refractivity contribution in [3.8, 4) is 0 Å². The van der Waals surface area contributed by atoms with Crippen LogP contribution in [0.1, 0.15) is 18.0 Å². The molecule has 2 aromatic rings. The first-order valence-electron chi connectivity index (χ1n) is 9.33. The minimum atomic E-state index is -4.12. The number of halogens is 1. The van der Waals surface area contributed by atoms with E-state index in [0.717, 1.165) is 17.0 Å². The van der Waals surface area contributed by atoms with Crippen LogP contribution >= 0.6 is 0 Å². The van der Waals surface area contributed by atoms with Gasteiger partial charge in [-0.15, -0.1) is 0 Å². The quantitative estimate of drug-likeness (QED) is 0.596. The van der Waals surface area contributed by atoms with E-state index in [2.05, 4.69) is 10.0 Å². The maximum atomic E-state index is 13.7. The minimum Gasteiger partial charge on any atom is -0.439 e. The van der Waals surface area contributed by atoms with Gasteiger partial charge in [0.2, 0.25) is 15.9 Å². The Morgan fingerprint density at radius 3 is 2.42 bits per heavy atom. The molecule has 3 amide bonds. The number of sulfonamides is 1. The number of rotatable bonds is 9. The normalized spacial score (nSPS) is 14.9. The van der Waals surface area contributed by atoms with E-state index in [4.69, 9.17) is 4.74 Å². The topological polar surface area (TPSA) is 122 Å². The molecule has 0 spiro atoms. The SMILES string of the molecule is O=C(CCNS(=O)(=O)c1ccccc1F)NC(CN1C(=O)COC1=O)c1ccccc1. The molecule has 1 unspecified atom stereocenters. The number of amides is 3. The summed E-state index contributed by atoms with van der Waals surface area (Å²) >= 11 is 0. The van der Waals surface area contributed by atoms with Crippen LogP contribution in [-0.4, -0.2) is 50.9 Å². The smallest absolute Gasteiger partial charge is 0.417 e. The molecular formula is C20H20FN3O6S. The van der Waals surface area contributed by atoms with Gasteiger partial charge in [-0.1, -0.05) is 42.5 Å². The molecule has 1 saturated heterocycles. The highest BCUT2D eigenvalue weighted by Crippen LogP contribution is 2.18. The Morgan fingerprint density at radius 1 is 1.10 bits per heavy atom. The van der Waals surface area contributed by atoms with Crippen LogP contribution in [0.15, 0.2) is 59.5 Å². The number of hydrogen-bond acceptors (Lipinski definition) is 6. The van der Waals surface area contributed by atoms with E-state index in [9.17, 15) is 27.2 Å². The maximum Gasteiger partial charge on any atom is 0.417 e. The number of hydrogen-bond donors (Lipinski definition) is 2. The summed E-state index contributed by atoms with van der Waals surface area (Å²) in [5.41, 5.74) is 0.648. The number of nitrogens with one attached hydrogen (secondary N) is 2. The van der Waals surface area contributed by atoms with Crippen LogP contribution in [0.2, 0.25) is 0 Å². The third-order valence-corrected chi connectivity index (χ3v) is 6.01. The third-order valence-electron chi connectivity index (χ3n) is 4.51. The van der Waals surface area contributed by atoms with Gasteiger partial charge in [0, 0.05) is 13.0 Å². The van der Waals surface area contributed by atoms with Gasteiger partial charge < -0.3 is 10.1 Å². The molecule has 0 aliphatic carbocycles. The number of benzene rings is 2. The van der Waals surface area contributed by atoms with Crippen molar-refractivity contribution in [3.05, 3.63) is 66.0 Å². The molecule has 0 aromatic heterocycles. The highest BCUT2D eigenvalue weighted by molar-refractivity contribution is 7.89. The lowest BCUT2D eigenvalue weighted by molar-refractivity contribution is -0.127. The third kappa shape index (κ3) is 5.64. The van der Waals surface area contributed by atoms with Crippen LogP contribution in [0.25, 0.3) is 0 Å². The first kappa shape index (κ1) is 22.4. The largest absolute Gasteiger partial charge is 0.439 e. The molecule has 1 aliphatic heterocycles. The van der Waals surface area contributed by atoms with Crippen LogP contribution < -0.4 is 10.0 Å². The van der Waals surface area contributed by atoms with Crippen molar-refractivity contribution in [1.82, 2.24) is 14.9 Å². The average Bonchev–Trinajstić information content (AvgIpc) is 3.06. The van der Waals surface area contributed by atoms with Crippen LogP contribution in [0.5, 0.6) is 0 Å². The zero-order valence-electron chi connectivity index (χ0n) is 16.3. The summed E-state index contributed by atoms with van der Waals surface area (Å²) in [6, 6.07) is 12.9. The molecule has 1 aliphatic rings. The zero-order valence-corrected chi connectivity index (χ0v) is 17.1. The molecule has 164 valence electrons. The summed E-state index contributed by atoms with van der Waals surface area (Å²) in [5, 5.41) is 2.69.